The van der Waals surface area contributed by atoms with Gasteiger partial charge in [-0.05, 0) is 23.1 Å². The summed E-state index contributed by atoms with van der Waals surface area (Å²) < 4.78 is 0. The molecule has 0 saturated carbocycles. The lowest BCUT2D eigenvalue weighted by atomic mass is 10.3. The number of anilines is 1. The summed E-state index contributed by atoms with van der Waals surface area (Å²) in [5.41, 5.74) is 1.61. The highest BCUT2D eigenvalue weighted by molar-refractivity contribution is 6.02. The molecule has 0 aliphatic carbocycles. The number of hydrogen-bond acceptors (Lipinski definition) is 4. The van der Waals surface area contributed by atoms with Crippen molar-refractivity contribution in [3.63, 3.8) is 0 Å². The molecule has 0 radical (unpaired) electrons. The monoisotopic (exact) mass is 271 g/mol. The molecule has 0 aliphatic heterocycles. The summed E-state index contributed by atoms with van der Waals surface area (Å²) in [4.78, 5) is 31.4. The standard InChI is InChI=1S/C12H9N5O3/c18-11(9-5-6-10(13-9)17(19)20)16-12-14-7-3-1-2-4-8(7)15-12/h1-6,13H,(H2,14,15,16,18). The zero-order valence-electron chi connectivity index (χ0n) is 10.1. The van der Waals surface area contributed by atoms with Crippen molar-refractivity contribution in [2.24, 2.45) is 0 Å². The van der Waals surface area contributed by atoms with Gasteiger partial charge < -0.3 is 15.1 Å². The van der Waals surface area contributed by atoms with E-state index in [4.69, 9.17) is 0 Å². The second-order valence-electron chi connectivity index (χ2n) is 4.07. The SMILES string of the molecule is O=C(Nc1nc2ccccc2[nH]1)c1ccc([N+](=O)[O-])[nH]1. The van der Waals surface area contributed by atoms with E-state index in [9.17, 15) is 14.9 Å². The van der Waals surface area contributed by atoms with Crippen molar-refractivity contribution in [1.29, 1.82) is 0 Å². The summed E-state index contributed by atoms with van der Waals surface area (Å²) in [5.74, 6) is -0.453. The molecule has 0 fully saturated rings. The summed E-state index contributed by atoms with van der Waals surface area (Å²) in [5, 5.41) is 13.1. The molecule has 0 unspecified atom stereocenters. The van der Waals surface area contributed by atoms with E-state index >= 15 is 0 Å². The van der Waals surface area contributed by atoms with Gasteiger partial charge in [-0.1, -0.05) is 12.1 Å². The number of aromatic nitrogens is 3. The summed E-state index contributed by atoms with van der Waals surface area (Å²) in [6.07, 6.45) is 0. The maximum absolute atomic E-state index is 11.9. The molecule has 2 heterocycles. The molecule has 100 valence electrons. The van der Waals surface area contributed by atoms with Gasteiger partial charge in [-0.3, -0.25) is 10.1 Å². The van der Waals surface area contributed by atoms with Crippen molar-refractivity contribution in [2.75, 3.05) is 5.32 Å². The van der Waals surface area contributed by atoms with Crippen LogP contribution in [0.5, 0.6) is 0 Å². The Hall–Kier alpha value is -3.16. The van der Waals surface area contributed by atoms with Gasteiger partial charge in [0, 0.05) is 6.07 Å². The van der Waals surface area contributed by atoms with Gasteiger partial charge in [-0.2, -0.15) is 0 Å². The van der Waals surface area contributed by atoms with E-state index in [0.29, 0.717) is 0 Å². The first-order valence-corrected chi connectivity index (χ1v) is 5.73. The molecule has 0 saturated heterocycles. The Bertz CT molecular complexity index is 771. The maximum atomic E-state index is 11.9. The number of rotatable bonds is 3. The maximum Gasteiger partial charge on any atom is 0.321 e. The Morgan fingerprint density at radius 3 is 2.70 bits per heavy atom. The Morgan fingerprint density at radius 2 is 2.00 bits per heavy atom. The van der Waals surface area contributed by atoms with E-state index in [1.165, 1.54) is 12.1 Å². The fraction of sp³-hybridized carbons (Fsp3) is 0. The molecule has 2 aromatic heterocycles. The normalized spacial score (nSPS) is 10.6. The van der Waals surface area contributed by atoms with E-state index in [2.05, 4.69) is 20.3 Å². The summed E-state index contributed by atoms with van der Waals surface area (Å²) in [6, 6.07) is 9.89. The predicted molar refractivity (Wildman–Crippen MR) is 71.5 cm³/mol. The predicted octanol–water partition coefficient (Wildman–Crippen LogP) is 2.05. The number of benzene rings is 1. The van der Waals surface area contributed by atoms with Crippen LogP contribution >= 0.6 is 0 Å². The minimum Gasteiger partial charge on any atom is -0.358 e. The first-order valence-electron chi connectivity index (χ1n) is 5.73. The molecule has 8 heteroatoms. The number of imidazole rings is 1. The number of nitrogens with zero attached hydrogens (tertiary/aromatic N) is 2. The largest absolute Gasteiger partial charge is 0.358 e. The summed E-state index contributed by atoms with van der Waals surface area (Å²) in [7, 11) is 0. The van der Waals surface area contributed by atoms with E-state index in [1.54, 1.807) is 6.07 Å². The van der Waals surface area contributed by atoms with Crippen molar-refractivity contribution in [1.82, 2.24) is 15.0 Å². The van der Waals surface area contributed by atoms with E-state index in [0.717, 1.165) is 11.0 Å². The Kier molecular flexibility index (Phi) is 2.68. The van der Waals surface area contributed by atoms with Gasteiger partial charge in [-0.25, -0.2) is 9.97 Å². The molecule has 0 atom stereocenters. The van der Waals surface area contributed by atoms with Crippen molar-refractivity contribution in [3.8, 4) is 0 Å². The fourth-order valence-corrected chi connectivity index (χ4v) is 1.81. The van der Waals surface area contributed by atoms with Crippen LogP contribution in [0.4, 0.5) is 11.8 Å². The molecule has 20 heavy (non-hydrogen) atoms. The minimum atomic E-state index is -0.599. The molecule has 1 amide bonds. The first-order chi connectivity index (χ1) is 9.63. The molecule has 3 rings (SSSR count). The fourth-order valence-electron chi connectivity index (χ4n) is 1.81. The third kappa shape index (κ3) is 2.09. The van der Waals surface area contributed by atoms with E-state index < -0.39 is 10.8 Å². The topological polar surface area (TPSA) is 117 Å². The van der Waals surface area contributed by atoms with Crippen molar-refractivity contribution in [3.05, 3.63) is 52.2 Å². The van der Waals surface area contributed by atoms with E-state index in [1.807, 2.05) is 18.2 Å². The molecule has 0 bridgehead atoms. The molecule has 3 N–H and O–H groups in total. The van der Waals surface area contributed by atoms with Crippen LogP contribution in [0, 0.1) is 10.1 Å². The average molecular weight is 271 g/mol. The lowest BCUT2D eigenvalue weighted by molar-refractivity contribution is -0.389. The third-order valence-electron chi connectivity index (χ3n) is 2.73. The van der Waals surface area contributed by atoms with Crippen LogP contribution in [0.3, 0.4) is 0 Å². The quantitative estimate of drug-likeness (QED) is 0.499. The first kappa shape index (κ1) is 11.9. The number of para-hydroxylation sites is 2. The number of H-pyrrole nitrogens is 2. The molecular weight excluding hydrogens is 262 g/mol. The highest BCUT2D eigenvalue weighted by Gasteiger charge is 2.16. The highest BCUT2D eigenvalue weighted by atomic mass is 16.6. The zero-order chi connectivity index (χ0) is 14.1. The van der Waals surface area contributed by atoms with Crippen molar-refractivity contribution < 1.29 is 9.72 Å². The number of nitro groups is 1. The van der Waals surface area contributed by atoms with Gasteiger partial charge in [0.2, 0.25) is 5.95 Å². The van der Waals surface area contributed by atoms with Crippen LogP contribution in [-0.4, -0.2) is 25.8 Å². The van der Waals surface area contributed by atoms with Crippen LogP contribution in [0.25, 0.3) is 11.0 Å². The lowest BCUT2D eigenvalue weighted by Gasteiger charge is -1.96. The van der Waals surface area contributed by atoms with Crippen molar-refractivity contribution >= 4 is 28.7 Å². The number of aromatic amines is 2. The number of hydrogen-bond donors (Lipinski definition) is 3. The molecule has 0 aliphatic rings. The van der Waals surface area contributed by atoms with Crippen LogP contribution in [0.1, 0.15) is 10.5 Å². The van der Waals surface area contributed by atoms with Crippen LogP contribution in [-0.2, 0) is 0 Å². The smallest absolute Gasteiger partial charge is 0.321 e. The van der Waals surface area contributed by atoms with Gasteiger partial charge in [-0.15, -0.1) is 0 Å². The molecular formula is C12H9N5O3. The van der Waals surface area contributed by atoms with Gasteiger partial charge >= 0.3 is 5.82 Å². The Morgan fingerprint density at radius 1 is 1.20 bits per heavy atom. The van der Waals surface area contributed by atoms with Crippen LogP contribution in [0.2, 0.25) is 0 Å². The van der Waals surface area contributed by atoms with Crippen LogP contribution in [0.15, 0.2) is 36.4 Å². The number of nitrogens with one attached hydrogen (secondary N) is 3. The number of fused-ring (bicyclic) bond motifs is 1. The van der Waals surface area contributed by atoms with Gasteiger partial charge in [0.15, 0.2) is 5.69 Å². The van der Waals surface area contributed by atoms with Gasteiger partial charge in [0.1, 0.15) is 0 Å². The van der Waals surface area contributed by atoms with Gasteiger partial charge in [0.25, 0.3) is 5.91 Å². The molecule has 1 aromatic carbocycles. The number of carbonyl (C=O) groups is 1. The highest BCUT2D eigenvalue weighted by Crippen LogP contribution is 2.15. The Labute approximate surface area is 112 Å². The molecule has 3 aromatic rings. The summed E-state index contributed by atoms with van der Waals surface area (Å²) in [6.45, 7) is 0. The summed E-state index contributed by atoms with van der Waals surface area (Å²) >= 11 is 0. The molecule has 0 spiro atoms. The minimum absolute atomic E-state index is 0.0946. The van der Waals surface area contributed by atoms with E-state index in [-0.39, 0.29) is 17.5 Å². The second kappa shape index (κ2) is 4.50. The van der Waals surface area contributed by atoms with Crippen LogP contribution < -0.4 is 5.32 Å². The zero-order valence-corrected chi connectivity index (χ0v) is 10.1. The Balaban J connectivity index is 1.82. The lowest BCUT2D eigenvalue weighted by Crippen LogP contribution is -2.13. The number of carbonyl (C=O) groups excluding carboxylic acids is 1. The third-order valence-corrected chi connectivity index (χ3v) is 2.73. The van der Waals surface area contributed by atoms with Gasteiger partial charge in [0.05, 0.1) is 11.0 Å². The molecule has 8 nitrogen and oxygen atoms in total. The van der Waals surface area contributed by atoms with Crippen molar-refractivity contribution in [2.45, 2.75) is 0 Å². The number of amides is 1. The second-order valence-corrected chi connectivity index (χ2v) is 4.07. The average Bonchev–Trinajstić information content (AvgIpc) is 3.04.